The molecule has 0 rings (SSSR count). The van der Waals surface area contributed by atoms with Crippen molar-refractivity contribution in [2.24, 2.45) is 23.7 Å². The van der Waals surface area contributed by atoms with Gasteiger partial charge in [0.2, 0.25) is 0 Å². The lowest BCUT2D eigenvalue weighted by atomic mass is 9.96. The molecule has 0 saturated carbocycles. The van der Waals surface area contributed by atoms with Gasteiger partial charge < -0.3 is 9.64 Å². The van der Waals surface area contributed by atoms with Gasteiger partial charge in [0.25, 0.3) is 0 Å². The molecule has 2 atom stereocenters. The highest BCUT2D eigenvalue weighted by Crippen LogP contribution is 2.25. The first-order chi connectivity index (χ1) is 23.3. The van der Waals surface area contributed by atoms with Gasteiger partial charge in [0.1, 0.15) is 6.10 Å². The smallest absolute Gasteiger partial charge is 0.306 e. The van der Waals surface area contributed by atoms with Gasteiger partial charge >= 0.3 is 5.97 Å². The van der Waals surface area contributed by atoms with Crippen molar-refractivity contribution in [3.8, 4) is 0 Å². The summed E-state index contributed by atoms with van der Waals surface area (Å²) in [6.07, 6.45) is 21.2. The Labute approximate surface area is 313 Å². The summed E-state index contributed by atoms with van der Waals surface area (Å²) in [5.74, 6) is 3.49. The molecular formula is C42H79NO4S2. The van der Waals surface area contributed by atoms with E-state index in [-0.39, 0.29) is 17.2 Å². The van der Waals surface area contributed by atoms with E-state index in [9.17, 15) is 14.4 Å². The van der Waals surface area contributed by atoms with Crippen molar-refractivity contribution in [3.63, 3.8) is 0 Å². The highest BCUT2D eigenvalue weighted by Gasteiger charge is 2.15. The first-order valence-corrected chi connectivity index (χ1v) is 22.1. The van der Waals surface area contributed by atoms with Crippen molar-refractivity contribution in [3.05, 3.63) is 11.0 Å². The Hall–Kier alpha value is -0.790. The zero-order valence-electron chi connectivity index (χ0n) is 33.6. The van der Waals surface area contributed by atoms with E-state index < -0.39 is 0 Å². The lowest BCUT2D eigenvalue weighted by Gasteiger charge is -2.18. The van der Waals surface area contributed by atoms with E-state index in [0.29, 0.717) is 42.1 Å². The summed E-state index contributed by atoms with van der Waals surface area (Å²) in [5.41, 5.74) is 1.40. The van der Waals surface area contributed by atoms with Crippen LogP contribution in [0.15, 0.2) is 11.0 Å². The summed E-state index contributed by atoms with van der Waals surface area (Å²) in [7, 11) is 4.06. The predicted molar refractivity (Wildman–Crippen MR) is 217 cm³/mol. The van der Waals surface area contributed by atoms with Crippen molar-refractivity contribution in [1.82, 2.24) is 4.90 Å². The molecule has 0 aromatic carbocycles. The SMILES string of the molecule is CCC(CCC(C)C)CSC(=O)CCCCCCCC(CCCCCCCC(=O)S/C=C(/CCC(C)C)C(C)C)OC(=O)CCCN(C)C. The summed E-state index contributed by atoms with van der Waals surface area (Å²) in [5, 5.41) is 2.77. The van der Waals surface area contributed by atoms with Crippen LogP contribution in [0, 0.1) is 23.7 Å². The van der Waals surface area contributed by atoms with Crippen molar-refractivity contribution >= 4 is 39.7 Å². The van der Waals surface area contributed by atoms with Gasteiger partial charge in [-0.05, 0) is 114 Å². The summed E-state index contributed by atoms with van der Waals surface area (Å²) >= 11 is 2.96. The Morgan fingerprint density at radius 1 is 0.633 bits per heavy atom. The number of hydrogen-bond acceptors (Lipinski definition) is 7. The molecule has 0 amide bonds. The van der Waals surface area contributed by atoms with Gasteiger partial charge in [0, 0.05) is 25.0 Å². The number of allylic oxidation sites excluding steroid dienone is 1. The van der Waals surface area contributed by atoms with Gasteiger partial charge in [0.05, 0.1) is 0 Å². The van der Waals surface area contributed by atoms with E-state index in [1.165, 1.54) is 36.6 Å². The largest absolute Gasteiger partial charge is 0.462 e. The quantitative estimate of drug-likeness (QED) is 0.0505. The molecule has 7 heteroatoms. The summed E-state index contributed by atoms with van der Waals surface area (Å²) in [6, 6.07) is 0. The van der Waals surface area contributed by atoms with Gasteiger partial charge in [-0.2, -0.15) is 0 Å². The third-order valence-electron chi connectivity index (χ3n) is 9.40. The maximum absolute atomic E-state index is 12.6. The fourth-order valence-corrected chi connectivity index (χ4v) is 7.83. The second kappa shape index (κ2) is 31.9. The Kier molecular flexibility index (Phi) is 31.4. The Morgan fingerprint density at radius 2 is 1.18 bits per heavy atom. The summed E-state index contributed by atoms with van der Waals surface area (Å²) in [6.45, 7) is 16.6. The van der Waals surface area contributed by atoms with E-state index in [1.807, 2.05) is 14.1 Å². The Balaban J connectivity index is 4.38. The highest BCUT2D eigenvalue weighted by atomic mass is 32.2. The predicted octanol–water partition coefficient (Wildman–Crippen LogP) is 12.7. The molecule has 0 spiro atoms. The first kappa shape index (κ1) is 48.2. The summed E-state index contributed by atoms with van der Waals surface area (Å²) < 4.78 is 5.97. The number of thioether (sulfide) groups is 2. The molecule has 0 radical (unpaired) electrons. The Morgan fingerprint density at radius 3 is 1.71 bits per heavy atom. The van der Waals surface area contributed by atoms with E-state index in [1.54, 1.807) is 11.8 Å². The van der Waals surface area contributed by atoms with E-state index in [4.69, 9.17) is 4.74 Å². The van der Waals surface area contributed by atoms with Crippen molar-refractivity contribution in [2.75, 3.05) is 26.4 Å². The maximum atomic E-state index is 12.6. The topological polar surface area (TPSA) is 63.7 Å². The van der Waals surface area contributed by atoms with Crippen LogP contribution in [0.5, 0.6) is 0 Å². The highest BCUT2D eigenvalue weighted by molar-refractivity contribution is 8.16. The number of esters is 1. The molecule has 0 aromatic rings. The van der Waals surface area contributed by atoms with E-state index >= 15 is 0 Å². The minimum absolute atomic E-state index is 0.00246. The molecule has 0 heterocycles. The molecule has 0 aromatic heterocycles. The van der Waals surface area contributed by atoms with Crippen LogP contribution in [-0.4, -0.2) is 53.6 Å². The monoisotopic (exact) mass is 726 g/mol. The van der Waals surface area contributed by atoms with Gasteiger partial charge in [-0.3, -0.25) is 14.4 Å². The van der Waals surface area contributed by atoms with Gasteiger partial charge in [-0.15, -0.1) is 0 Å². The average molecular weight is 726 g/mol. The van der Waals surface area contributed by atoms with Crippen molar-refractivity contribution in [2.45, 2.75) is 189 Å². The van der Waals surface area contributed by atoms with Gasteiger partial charge in [-0.25, -0.2) is 0 Å². The molecule has 0 aliphatic heterocycles. The van der Waals surface area contributed by atoms with Crippen LogP contribution < -0.4 is 0 Å². The first-order valence-electron chi connectivity index (χ1n) is 20.2. The third kappa shape index (κ3) is 31.7. The van der Waals surface area contributed by atoms with Crippen LogP contribution in [0.3, 0.4) is 0 Å². The molecule has 0 aliphatic rings. The minimum atomic E-state index is -0.0627. The van der Waals surface area contributed by atoms with Crippen molar-refractivity contribution < 1.29 is 19.1 Å². The van der Waals surface area contributed by atoms with E-state index in [0.717, 1.165) is 115 Å². The fraction of sp³-hybridized carbons (Fsp3) is 0.881. The normalized spacial score (nSPS) is 13.5. The van der Waals surface area contributed by atoms with Crippen LogP contribution in [0.2, 0.25) is 0 Å². The second-order valence-electron chi connectivity index (χ2n) is 15.8. The number of hydrogen-bond donors (Lipinski definition) is 0. The zero-order valence-corrected chi connectivity index (χ0v) is 35.3. The minimum Gasteiger partial charge on any atom is -0.462 e. The lowest BCUT2D eigenvalue weighted by Crippen LogP contribution is -2.20. The van der Waals surface area contributed by atoms with Crippen LogP contribution >= 0.6 is 23.5 Å². The Bertz CT molecular complexity index is 871. The standard InChI is InChI=1S/C42H79NO4S2/c1-10-37(29-27-34(2)3)32-48-41(45)25-19-15-11-13-17-22-39(47-40(44)24-21-31-43(8)9)23-18-14-12-16-20-26-42(46)49-33-38(36(6)7)30-28-35(4)5/h33-37,39H,10-32H2,1-9H3/b38-33-. The molecule has 0 saturated heterocycles. The summed E-state index contributed by atoms with van der Waals surface area (Å²) in [4.78, 5) is 39.6. The zero-order chi connectivity index (χ0) is 36.9. The maximum Gasteiger partial charge on any atom is 0.306 e. The number of unbranched alkanes of at least 4 members (excludes halogenated alkanes) is 8. The second-order valence-corrected chi connectivity index (χ2v) is 17.8. The third-order valence-corrected chi connectivity index (χ3v) is 11.5. The molecule has 288 valence electrons. The number of carbonyl (C=O) groups is 3. The van der Waals surface area contributed by atoms with E-state index in [2.05, 4.69) is 58.8 Å². The average Bonchev–Trinajstić information content (AvgIpc) is 3.02. The number of carbonyl (C=O) groups excluding carboxylic acids is 3. The van der Waals surface area contributed by atoms with Crippen LogP contribution in [0.4, 0.5) is 0 Å². The number of nitrogens with zero attached hydrogens (tertiary/aromatic N) is 1. The molecule has 0 aliphatic carbocycles. The molecule has 5 nitrogen and oxygen atoms in total. The lowest BCUT2D eigenvalue weighted by molar-refractivity contribution is -0.150. The van der Waals surface area contributed by atoms with Crippen LogP contribution in [0.1, 0.15) is 183 Å². The molecule has 2 unspecified atom stereocenters. The molecule has 49 heavy (non-hydrogen) atoms. The molecule has 0 N–H and O–H groups in total. The van der Waals surface area contributed by atoms with Crippen molar-refractivity contribution in [1.29, 1.82) is 0 Å². The van der Waals surface area contributed by atoms with Crippen LogP contribution in [-0.2, 0) is 19.1 Å². The van der Waals surface area contributed by atoms with Crippen LogP contribution in [0.25, 0.3) is 0 Å². The van der Waals surface area contributed by atoms with Gasteiger partial charge in [-0.1, -0.05) is 129 Å². The molecule has 0 fully saturated rings. The molecular weight excluding hydrogens is 647 g/mol. The fourth-order valence-electron chi connectivity index (χ4n) is 5.79. The number of rotatable bonds is 32. The number of ether oxygens (including phenoxy) is 1. The molecule has 0 bridgehead atoms. The van der Waals surface area contributed by atoms with Gasteiger partial charge in [0.15, 0.2) is 10.2 Å².